The molecule has 2 saturated heterocycles. The second kappa shape index (κ2) is 6.82. The monoisotopic (exact) mass is 295 g/mol. The van der Waals surface area contributed by atoms with Crippen molar-refractivity contribution >= 4 is 17.7 Å². The zero-order chi connectivity index (χ0) is 14.6. The number of thioether (sulfide) groups is 1. The Bertz CT molecular complexity index is 377. The Morgan fingerprint density at radius 1 is 1.25 bits per heavy atom. The van der Waals surface area contributed by atoms with Gasteiger partial charge in [-0.05, 0) is 44.1 Å². The normalized spacial score (nSPS) is 22.6. The third-order valence-corrected chi connectivity index (χ3v) is 5.55. The van der Waals surface area contributed by atoms with E-state index in [0.29, 0.717) is 11.8 Å². The molecule has 2 aliphatic rings. The van der Waals surface area contributed by atoms with Gasteiger partial charge < -0.3 is 4.90 Å². The number of carbonyl (C=O) groups is 1. The van der Waals surface area contributed by atoms with E-state index in [1.807, 2.05) is 30.5 Å². The molecule has 5 heteroatoms. The average molecular weight is 295 g/mol. The Labute approximate surface area is 126 Å². The number of nitrogens with zero attached hydrogens (tertiary/aromatic N) is 3. The summed E-state index contributed by atoms with van der Waals surface area (Å²) in [4.78, 5) is 16.5. The maximum absolute atomic E-state index is 12.3. The first-order chi connectivity index (χ1) is 9.53. The molecule has 0 aromatic carbocycles. The van der Waals surface area contributed by atoms with Crippen LogP contribution >= 0.6 is 11.8 Å². The maximum Gasteiger partial charge on any atom is 0.222 e. The lowest BCUT2D eigenvalue weighted by atomic mass is 9.97. The standard InChI is InChI=1S/C15H25N3OS/c1-15(2,12-16)18-7-5-17(6-8-18)14(19)11-13-3-9-20-10-4-13/h13H,3-11H2,1-2H3. The first-order valence-electron chi connectivity index (χ1n) is 7.55. The van der Waals surface area contributed by atoms with Gasteiger partial charge in [-0.3, -0.25) is 9.69 Å². The van der Waals surface area contributed by atoms with E-state index in [1.54, 1.807) is 0 Å². The Kier molecular flexibility index (Phi) is 5.34. The van der Waals surface area contributed by atoms with Crippen molar-refractivity contribution in [1.82, 2.24) is 9.80 Å². The Hall–Kier alpha value is -0.730. The molecule has 1 amide bonds. The van der Waals surface area contributed by atoms with Crippen molar-refractivity contribution in [3.05, 3.63) is 0 Å². The molecule has 0 spiro atoms. The van der Waals surface area contributed by atoms with Gasteiger partial charge in [0.1, 0.15) is 5.54 Å². The van der Waals surface area contributed by atoms with E-state index >= 15 is 0 Å². The minimum atomic E-state index is -0.421. The summed E-state index contributed by atoms with van der Waals surface area (Å²) in [5, 5.41) is 9.16. The average Bonchev–Trinajstić information content (AvgIpc) is 2.48. The molecule has 0 bridgehead atoms. The molecule has 20 heavy (non-hydrogen) atoms. The molecular formula is C15H25N3OS. The van der Waals surface area contributed by atoms with Crippen LogP contribution in [0.25, 0.3) is 0 Å². The van der Waals surface area contributed by atoms with E-state index in [4.69, 9.17) is 5.26 Å². The molecule has 0 aromatic rings. The molecule has 0 atom stereocenters. The molecule has 2 rings (SSSR count). The largest absolute Gasteiger partial charge is 0.340 e. The lowest BCUT2D eigenvalue weighted by Gasteiger charge is -2.40. The number of rotatable bonds is 3. The van der Waals surface area contributed by atoms with Crippen molar-refractivity contribution in [3.63, 3.8) is 0 Å². The zero-order valence-corrected chi connectivity index (χ0v) is 13.4. The molecule has 0 unspecified atom stereocenters. The maximum atomic E-state index is 12.3. The summed E-state index contributed by atoms with van der Waals surface area (Å²) in [5.41, 5.74) is -0.421. The predicted molar refractivity (Wildman–Crippen MR) is 82.5 cm³/mol. The predicted octanol–water partition coefficient (Wildman–Crippen LogP) is 1.97. The lowest BCUT2D eigenvalue weighted by molar-refractivity contribution is -0.134. The zero-order valence-electron chi connectivity index (χ0n) is 12.6. The second-order valence-corrected chi connectivity index (χ2v) is 7.52. The van der Waals surface area contributed by atoms with Crippen LogP contribution in [0.15, 0.2) is 0 Å². The fourth-order valence-corrected chi connectivity index (χ4v) is 4.12. The van der Waals surface area contributed by atoms with Crippen molar-refractivity contribution in [2.24, 2.45) is 5.92 Å². The van der Waals surface area contributed by atoms with E-state index in [0.717, 1.165) is 32.6 Å². The summed E-state index contributed by atoms with van der Waals surface area (Å²) < 4.78 is 0. The molecular weight excluding hydrogens is 270 g/mol. The highest BCUT2D eigenvalue weighted by Crippen LogP contribution is 2.26. The summed E-state index contributed by atoms with van der Waals surface area (Å²) in [6, 6.07) is 2.34. The molecule has 0 aliphatic carbocycles. The number of nitriles is 1. The number of carbonyl (C=O) groups excluding carboxylic acids is 1. The Morgan fingerprint density at radius 2 is 1.85 bits per heavy atom. The third-order valence-electron chi connectivity index (χ3n) is 4.50. The van der Waals surface area contributed by atoms with Crippen LogP contribution in [0.5, 0.6) is 0 Å². The van der Waals surface area contributed by atoms with Crippen LogP contribution in [0.1, 0.15) is 33.1 Å². The lowest BCUT2D eigenvalue weighted by Crippen LogP contribution is -2.55. The third kappa shape index (κ3) is 3.89. The van der Waals surface area contributed by atoms with E-state index in [2.05, 4.69) is 11.0 Å². The summed E-state index contributed by atoms with van der Waals surface area (Å²) in [5.74, 6) is 3.33. The van der Waals surface area contributed by atoms with Crippen LogP contribution < -0.4 is 0 Å². The van der Waals surface area contributed by atoms with E-state index in [-0.39, 0.29) is 0 Å². The van der Waals surface area contributed by atoms with E-state index < -0.39 is 5.54 Å². The van der Waals surface area contributed by atoms with Gasteiger partial charge >= 0.3 is 0 Å². The molecule has 2 heterocycles. The molecule has 2 aliphatic heterocycles. The molecule has 0 saturated carbocycles. The van der Waals surface area contributed by atoms with Gasteiger partial charge in [0.15, 0.2) is 0 Å². The number of piperazine rings is 1. The smallest absolute Gasteiger partial charge is 0.222 e. The van der Waals surface area contributed by atoms with Gasteiger partial charge in [0.05, 0.1) is 6.07 Å². The van der Waals surface area contributed by atoms with Gasteiger partial charge in [0, 0.05) is 32.6 Å². The van der Waals surface area contributed by atoms with Gasteiger partial charge in [-0.25, -0.2) is 0 Å². The molecule has 0 N–H and O–H groups in total. The molecule has 112 valence electrons. The second-order valence-electron chi connectivity index (χ2n) is 6.30. The van der Waals surface area contributed by atoms with E-state index in [1.165, 1.54) is 24.3 Å². The first kappa shape index (κ1) is 15.7. The highest BCUT2D eigenvalue weighted by Gasteiger charge is 2.31. The Balaban J connectivity index is 1.78. The Morgan fingerprint density at radius 3 is 2.40 bits per heavy atom. The fourth-order valence-electron chi connectivity index (χ4n) is 2.91. The van der Waals surface area contributed by atoms with Crippen molar-refractivity contribution in [2.45, 2.75) is 38.6 Å². The molecule has 2 fully saturated rings. The highest BCUT2D eigenvalue weighted by atomic mass is 32.2. The SMILES string of the molecule is CC(C)(C#N)N1CCN(C(=O)CC2CCSCC2)CC1. The number of hydrogen-bond acceptors (Lipinski definition) is 4. The summed E-state index contributed by atoms with van der Waals surface area (Å²) >= 11 is 2.00. The topological polar surface area (TPSA) is 47.3 Å². The van der Waals surface area contributed by atoms with Gasteiger partial charge in [-0.15, -0.1) is 0 Å². The summed E-state index contributed by atoms with van der Waals surface area (Å²) in [6.07, 6.45) is 3.11. The van der Waals surface area contributed by atoms with Crippen molar-refractivity contribution < 1.29 is 4.79 Å². The molecule has 0 aromatic heterocycles. The van der Waals surface area contributed by atoms with Gasteiger partial charge in [0.25, 0.3) is 0 Å². The van der Waals surface area contributed by atoms with Crippen molar-refractivity contribution in [3.8, 4) is 6.07 Å². The summed E-state index contributed by atoms with van der Waals surface area (Å²) in [7, 11) is 0. The molecule has 4 nitrogen and oxygen atoms in total. The fraction of sp³-hybridized carbons (Fsp3) is 0.867. The van der Waals surface area contributed by atoms with Crippen LogP contribution in [0.4, 0.5) is 0 Å². The minimum Gasteiger partial charge on any atom is -0.340 e. The number of hydrogen-bond donors (Lipinski definition) is 0. The van der Waals surface area contributed by atoms with Crippen molar-refractivity contribution in [2.75, 3.05) is 37.7 Å². The van der Waals surface area contributed by atoms with Crippen LogP contribution in [0.3, 0.4) is 0 Å². The quantitative estimate of drug-likeness (QED) is 0.798. The van der Waals surface area contributed by atoms with Crippen LogP contribution in [-0.2, 0) is 4.79 Å². The highest BCUT2D eigenvalue weighted by molar-refractivity contribution is 7.99. The summed E-state index contributed by atoms with van der Waals surface area (Å²) in [6.45, 7) is 7.06. The van der Waals surface area contributed by atoms with Crippen LogP contribution in [-0.4, -0.2) is 58.9 Å². The van der Waals surface area contributed by atoms with E-state index in [9.17, 15) is 4.79 Å². The first-order valence-corrected chi connectivity index (χ1v) is 8.70. The minimum absolute atomic E-state index is 0.316. The molecule has 0 radical (unpaired) electrons. The van der Waals surface area contributed by atoms with Gasteiger partial charge in [-0.1, -0.05) is 0 Å². The number of amides is 1. The van der Waals surface area contributed by atoms with Crippen molar-refractivity contribution in [1.29, 1.82) is 5.26 Å². The van der Waals surface area contributed by atoms with Gasteiger partial charge in [0.2, 0.25) is 5.91 Å². The van der Waals surface area contributed by atoms with Crippen LogP contribution in [0, 0.1) is 17.2 Å². The van der Waals surface area contributed by atoms with Crippen LogP contribution in [0.2, 0.25) is 0 Å². The van der Waals surface area contributed by atoms with Gasteiger partial charge in [-0.2, -0.15) is 17.0 Å².